The maximum absolute atomic E-state index is 8.28. The van der Waals surface area contributed by atoms with Crippen molar-refractivity contribution in [3.8, 4) is 0 Å². The van der Waals surface area contributed by atoms with Gasteiger partial charge in [0.25, 0.3) is 0 Å². The highest BCUT2D eigenvalue weighted by molar-refractivity contribution is 4.77. The lowest BCUT2D eigenvalue weighted by molar-refractivity contribution is 0.462. The van der Waals surface area contributed by atoms with Crippen molar-refractivity contribution < 1.29 is 5.11 Å². The van der Waals surface area contributed by atoms with E-state index in [0.29, 0.717) is 5.92 Å². The van der Waals surface area contributed by atoms with Crippen LogP contribution in [-0.4, -0.2) is 5.11 Å². The monoisotopic (exact) mass is 114 g/mol. The molecule has 8 heavy (non-hydrogen) atoms. The summed E-state index contributed by atoms with van der Waals surface area (Å²) in [6, 6.07) is 0. The summed E-state index contributed by atoms with van der Waals surface area (Å²) < 4.78 is 0. The number of rotatable bonds is 3. The number of allylic oxidation sites excluding steroid dienone is 1. The number of hydrogen-bond acceptors (Lipinski definition) is 1. The number of aliphatic hydroxyl groups is 1. The van der Waals surface area contributed by atoms with Gasteiger partial charge in [-0.15, -0.1) is 0 Å². The fourth-order valence-electron chi connectivity index (χ4n) is 0.698. The van der Waals surface area contributed by atoms with E-state index in [1.165, 1.54) is 6.42 Å². The summed E-state index contributed by atoms with van der Waals surface area (Å²) in [6.07, 6.45) is 5.28. The van der Waals surface area contributed by atoms with Crippen LogP contribution in [0.25, 0.3) is 0 Å². The molecule has 0 aliphatic heterocycles. The molecule has 1 unspecified atom stereocenters. The van der Waals surface area contributed by atoms with Crippen molar-refractivity contribution in [2.45, 2.75) is 26.7 Å². The molecule has 0 spiro atoms. The van der Waals surface area contributed by atoms with E-state index in [0.717, 1.165) is 12.7 Å². The topological polar surface area (TPSA) is 20.2 Å². The van der Waals surface area contributed by atoms with Crippen molar-refractivity contribution >= 4 is 0 Å². The molecule has 48 valence electrons. The Morgan fingerprint density at radius 1 is 1.62 bits per heavy atom. The molecule has 0 heterocycles. The molecular weight excluding hydrogens is 100 g/mol. The van der Waals surface area contributed by atoms with Crippen LogP contribution in [-0.2, 0) is 0 Å². The van der Waals surface area contributed by atoms with E-state index in [1.54, 1.807) is 0 Å². The first-order chi connectivity index (χ1) is 3.81. The molecule has 0 aromatic heterocycles. The summed E-state index contributed by atoms with van der Waals surface area (Å²) in [7, 11) is 0. The van der Waals surface area contributed by atoms with Crippen molar-refractivity contribution in [1.29, 1.82) is 0 Å². The summed E-state index contributed by atoms with van der Waals surface area (Å²) in [5, 5.41) is 8.28. The van der Waals surface area contributed by atoms with Gasteiger partial charge in [-0.25, -0.2) is 0 Å². The maximum atomic E-state index is 8.28. The van der Waals surface area contributed by atoms with Gasteiger partial charge in [-0.05, 0) is 18.4 Å². The second kappa shape index (κ2) is 4.69. The van der Waals surface area contributed by atoms with E-state index in [4.69, 9.17) is 5.11 Å². The molecule has 1 N–H and O–H groups in total. The van der Waals surface area contributed by atoms with E-state index < -0.39 is 0 Å². The standard InChI is InChI=1S/C7H14O/c1-3-4-7(2)5-6-8/h5-8H,3-4H2,1-2H3. The first-order valence-electron chi connectivity index (χ1n) is 3.12. The van der Waals surface area contributed by atoms with Crippen molar-refractivity contribution in [1.82, 2.24) is 0 Å². The van der Waals surface area contributed by atoms with Crippen molar-refractivity contribution in [3.63, 3.8) is 0 Å². The van der Waals surface area contributed by atoms with Gasteiger partial charge >= 0.3 is 0 Å². The third-order valence-electron chi connectivity index (χ3n) is 1.16. The summed E-state index contributed by atoms with van der Waals surface area (Å²) in [6.45, 7) is 4.23. The van der Waals surface area contributed by atoms with Gasteiger partial charge in [-0.2, -0.15) is 0 Å². The fraction of sp³-hybridized carbons (Fsp3) is 0.714. The molecular formula is C7H14O. The molecule has 0 fully saturated rings. The summed E-state index contributed by atoms with van der Waals surface area (Å²) in [4.78, 5) is 0. The lowest BCUT2D eigenvalue weighted by Gasteiger charge is -1.99. The molecule has 0 saturated heterocycles. The van der Waals surface area contributed by atoms with Gasteiger partial charge in [0, 0.05) is 0 Å². The zero-order valence-corrected chi connectivity index (χ0v) is 5.59. The Morgan fingerprint density at radius 3 is 2.62 bits per heavy atom. The summed E-state index contributed by atoms with van der Waals surface area (Å²) in [5.74, 6) is 0.532. The smallest absolute Gasteiger partial charge is 0.0754 e. The van der Waals surface area contributed by atoms with Crippen molar-refractivity contribution in [2.75, 3.05) is 0 Å². The molecule has 0 rings (SSSR count). The lowest BCUT2D eigenvalue weighted by Crippen LogP contribution is -1.86. The first kappa shape index (κ1) is 7.54. The molecule has 0 radical (unpaired) electrons. The second-order valence-electron chi connectivity index (χ2n) is 2.11. The molecule has 0 saturated carbocycles. The SMILES string of the molecule is CCCC(C)C=CO. The van der Waals surface area contributed by atoms with Crippen LogP contribution in [0.4, 0.5) is 0 Å². The number of hydrogen-bond donors (Lipinski definition) is 1. The molecule has 1 nitrogen and oxygen atoms in total. The van der Waals surface area contributed by atoms with Gasteiger partial charge in [0.05, 0.1) is 6.26 Å². The Bertz CT molecular complexity index is 66.8. The highest BCUT2D eigenvalue weighted by atomic mass is 16.2. The quantitative estimate of drug-likeness (QED) is 0.559. The van der Waals surface area contributed by atoms with Gasteiger partial charge in [0.1, 0.15) is 0 Å². The Hall–Kier alpha value is -0.460. The highest BCUT2D eigenvalue weighted by Crippen LogP contribution is 2.04. The molecule has 1 heteroatoms. The zero-order valence-electron chi connectivity index (χ0n) is 5.59. The predicted octanol–water partition coefficient (Wildman–Crippen LogP) is 2.49. The van der Waals surface area contributed by atoms with E-state index in [-0.39, 0.29) is 0 Å². The molecule has 0 bridgehead atoms. The highest BCUT2D eigenvalue weighted by Gasteiger charge is 1.91. The lowest BCUT2D eigenvalue weighted by atomic mass is 10.1. The van der Waals surface area contributed by atoms with Gasteiger partial charge < -0.3 is 5.11 Å². The average molecular weight is 114 g/mol. The summed E-state index contributed by atoms with van der Waals surface area (Å²) >= 11 is 0. The fourth-order valence-corrected chi connectivity index (χ4v) is 0.698. The van der Waals surface area contributed by atoms with Crippen LogP contribution in [0.3, 0.4) is 0 Å². The van der Waals surface area contributed by atoms with E-state index in [9.17, 15) is 0 Å². The van der Waals surface area contributed by atoms with Crippen LogP contribution in [0.15, 0.2) is 12.3 Å². The van der Waals surface area contributed by atoms with E-state index in [2.05, 4.69) is 13.8 Å². The first-order valence-corrected chi connectivity index (χ1v) is 3.12. The minimum atomic E-state index is 0.532. The minimum absolute atomic E-state index is 0.532. The van der Waals surface area contributed by atoms with Crippen molar-refractivity contribution in [2.24, 2.45) is 5.92 Å². The minimum Gasteiger partial charge on any atom is -0.516 e. The van der Waals surface area contributed by atoms with Crippen LogP contribution in [0, 0.1) is 5.92 Å². The molecule has 0 amide bonds. The van der Waals surface area contributed by atoms with Crippen LogP contribution < -0.4 is 0 Å². The van der Waals surface area contributed by atoms with E-state index >= 15 is 0 Å². The molecule has 0 aromatic carbocycles. The molecule has 1 atom stereocenters. The van der Waals surface area contributed by atoms with Gasteiger partial charge in [0.15, 0.2) is 0 Å². The van der Waals surface area contributed by atoms with Gasteiger partial charge in [-0.1, -0.05) is 20.3 Å². The van der Waals surface area contributed by atoms with Crippen LogP contribution in [0.1, 0.15) is 26.7 Å². The van der Waals surface area contributed by atoms with Gasteiger partial charge in [0.2, 0.25) is 0 Å². The molecule has 0 aromatic rings. The molecule has 0 aliphatic carbocycles. The predicted molar refractivity (Wildman–Crippen MR) is 35.8 cm³/mol. The maximum Gasteiger partial charge on any atom is 0.0754 e. The van der Waals surface area contributed by atoms with Crippen LogP contribution >= 0.6 is 0 Å². The second-order valence-corrected chi connectivity index (χ2v) is 2.11. The Kier molecular flexibility index (Phi) is 4.42. The Labute approximate surface area is 51.0 Å². The Balaban J connectivity index is 3.17. The average Bonchev–Trinajstić information content (AvgIpc) is 1.68. The van der Waals surface area contributed by atoms with Crippen molar-refractivity contribution in [3.05, 3.63) is 12.3 Å². The van der Waals surface area contributed by atoms with Gasteiger partial charge in [-0.3, -0.25) is 0 Å². The third-order valence-corrected chi connectivity index (χ3v) is 1.16. The van der Waals surface area contributed by atoms with Crippen LogP contribution in [0.2, 0.25) is 0 Å². The molecule has 0 aliphatic rings. The largest absolute Gasteiger partial charge is 0.516 e. The number of aliphatic hydroxyl groups excluding tert-OH is 1. The van der Waals surface area contributed by atoms with E-state index in [1.807, 2.05) is 6.08 Å². The third kappa shape index (κ3) is 3.72. The van der Waals surface area contributed by atoms with Crippen LogP contribution in [0.5, 0.6) is 0 Å². The summed E-state index contributed by atoms with van der Waals surface area (Å²) in [5.41, 5.74) is 0. The normalized spacial score (nSPS) is 14.8. The Morgan fingerprint density at radius 2 is 2.25 bits per heavy atom. The zero-order chi connectivity index (χ0) is 6.41.